The van der Waals surface area contributed by atoms with Crippen LogP contribution in [-0.4, -0.2) is 71.3 Å². The van der Waals surface area contributed by atoms with E-state index in [4.69, 9.17) is 19.6 Å². The molecule has 6 atom stereocenters. The topological polar surface area (TPSA) is 230 Å². The van der Waals surface area contributed by atoms with Crippen molar-refractivity contribution in [3.8, 4) is 0 Å². The van der Waals surface area contributed by atoms with Crippen LogP contribution in [0, 0.1) is 0 Å². The van der Waals surface area contributed by atoms with Crippen LogP contribution >= 0.6 is 23.5 Å². The van der Waals surface area contributed by atoms with Gasteiger partial charge in [0.05, 0.1) is 0 Å². The minimum absolute atomic E-state index is 1.76. The van der Waals surface area contributed by atoms with Gasteiger partial charge in [-0.2, -0.15) is 0 Å². The number of rotatable bonds is 4. The summed E-state index contributed by atoms with van der Waals surface area (Å²) in [4.78, 5) is 44.4. The molecular weight excluding hydrogens is 389 g/mol. The van der Waals surface area contributed by atoms with Gasteiger partial charge in [-0.05, 0) is 0 Å². The fourth-order valence-electron chi connectivity index (χ4n) is 2.29. The maximum absolute atomic E-state index is 11.4. The Balaban J connectivity index is 2.37. The summed E-state index contributed by atoms with van der Waals surface area (Å²) in [5.74, 6) is 0. The van der Waals surface area contributed by atoms with E-state index in [2.05, 4.69) is 18.1 Å². The average molecular weight is 402 g/mol. The van der Waals surface area contributed by atoms with E-state index in [0.29, 0.717) is 0 Å². The van der Waals surface area contributed by atoms with E-state index in [1.165, 1.54) is 0 Å². The van der Waals surface area contributed by atoms with E-state index >= 15 is 0 Å². The molecule has 2 aliphatic rings. The van der Waals surface area contributed by atoms with Crippen LogP contribution in [0.2, 0.25) is 0 Å². The van der Waals surface area contributed by atoms with Crippen LogP contribution in [0.1, 0.15) is 0 Å². The third-order valence-corrected chi connectivity index (χ3v) is 5.08. The highest BCUT2D eigenvalue weighted by atomic mass is 31.2. The number of hydrogen-bond donors (Lipinski definition) is 7. The normalized spacial score (nSPS) is 45.0. The lowest BCUT2D eigenvalue weighted by Gasteiger charge is -2.42. The van der Waals surface area contributed by atoms with Crippen molar-refractivity contribution < 1.29 is 66.5 Å². The van der Waals surface area contributed by atoms with Gasteiger partial charge in [0.25, 0.3) is 0 Å². The summed E-state index contributed by atoms with van der Waals surface area (Å²) in [5.41, 5.74) is 0. The highest BCUT2D eigenvalue weighted by Gasteiger charge is 2.62. The monoisotopic (exact) mass is 402 g/mol. The molecule has 1 saturated carbocycles. The van der Waals surface area contributed by atoms with E-state index in [1.807, 2.05) is 0 Å². The molecule has 0 aromatic heterocycles. The molecule has 0 bridgehead atoms. The van der Waals surface area contributed by atoms with E-state index in [0.717, 1.165) is 0 Å². The van der Waals surface area contributed by atoms with E-state index < -0.39 is 60.1 Å². The van der Waals surface area contributed by atoms with Gasteiger partial charge in [-0.1, -0.05) is 0 Å². The van der Waals surface area contributed by atoms with Crippen LogP contribution in [0.3, 0.4) is 0 Å². The van der Waals surface area contributed by atoms with Crippen molar-refractivity contribution in [2.45, 2.75) is 36.6 Å². The molecule has 6 unspecified atom stereocenters. The zero-order valence-electron chi connectivity index (χ0n) is 10.8. The first-order valence-electron chi connectivity index (χ1n) is 5.74. The first-order valence-corrected chi connectivity index (χ1v) is 10.3. The lowest BCUT2D eigenvalue weighted by atomic mass is 9.85. The molecular formula is C6H13O14P3. The van der Waals surface area contributed by atoms with Crippen molar-refractivity contribution in [2.24, 2.45) is 0 Å². The van der Waals surface area contributed by atoms with Crippen molar-refractivity contribution in [2.75, 3.05) is 0 Å². The minimum atomic E-state index is -5.30. The number of phosphoric acid groups is 3. The van der Waals surface area contributed by atoms with Crippen molar-refractivity contribution in [1.82, 2.24) is 0 Å². The van der Waals surface area contributed by atoms with Crippen molar-refractivity contribution in [1.29, 1.82) is 0 Å². The Hall–Kier alpha value is 0.250. The Kier molecular flexibility index (Phi) is 5.28. The third-order valence-electron chi connectivity index (χ3n) is 3.02. The number of phosphoric ester groups is 3. The molecule has 2 fully saturated rings. The van der Waals surface area contributed by atoms with Crippen LogP contribution < -0.4 is 0 Å². The summed E-state index contributed by atoms with van der Waals surface area (Å²) in [6.07, 6.45) is -12.1. The molecule has 1 saturated heterocycles. The molecule has 1 aliphatic heterocycles. The van der Waals surface area contributed by atoms with Gasteiger partial charge in [0.15, 0.2) is 0 Å². The highest BCUT2D eigenvalue weighted by Crippen LogP contribution is 2.58. The fraction of sp³-hybridized carbons (Fsp3) is 1.00. The van der Waals surface area contributed by atoms with Crippen LogP contribution in [-0.2, 0) is 31.8 Å². The second kappa shape index (κ2) is 6.20. The Labute approximate surface area is 127 Å². The van der Waals surface area contributed by atoms with Crippen molar-refractivity contribution in [3.05, 3.63) is 0 Å². The molecule has 17 heteroatoms. The second-order valence-electron chi connectivity index (χ2n) is 4.71. The molecule has 0 aromatic carbocycles. The zero-order chi connectivity index (χ0) is 17.8. The molecule has 0 radical (unpaired) electrons. The molecule has 7 N–H and O–H groups in total. The van der Waals surface area contributed by atoms with Gasteiger partial charge in [0, 0.05) is 0 Å². The Morgan fingerprint density at radius 2 is 1.13 bits per heavy atom. The average Bonchev–Trinajstić information content (AvgIpc) is 2.64. The summed E-state index contributed by atoms with van der Waals surface area (Å²) >= 11 is 0. The van der Waals surface area contributed by atoms with Crippen LogP contribution in [0.25, 0.3) is 0 Å². The van der Waals surface area contributed by atoms with Gasteiger partial charge in [0.2, 0.25) is 0 Å². The summed E-state index contributed by atoms with van der Waals surface area (Å²) in [7, 11) is -15.3. The summed E-state index contributed by atoms with van der Waals surface area (Å²) in [6.45, 7) is 0. The Morgan fingerprint density at radius 1 is 0.826 bits per heavy atom. The third kappa shape index (κ3) is 4.66. The second-order valence-corrected chi connectivity index (χ2v) is 8.45. The van der Waals surface area contributed by atoms with Crippen LogP contribution in [0.15, 0.2) is 0 Å². The van der Waals surface area contributed by atoms with Gasteiger partial charge >= 0.3 is 23.5 Å². The lowest BCUT2D eigenvalue weighted by Crippen LogP contribution is -2.63. The molecule has 1 aliphatic carbocycles. The largest absolute Gasteiger partial charge is 0.473 e. The number of hydrogen-bond acceptors (Lipinski definition) is 9. The minimum Gasteiger partial charge on any atom is -0.387 e. The highest BCUT2D eigenvalue weighted by molar-refractivity contribution is 7.47. The standard InChI is InChI=1S/C6H13O14P3/c7-1-3(17-21(9,10)11)4(18-22(12,13)14)2(8)6-5(1)19-23(15,16)20-6/h1-8H,(H,15,16)(H2,9,10,11)(H2,12,13,14). The Morgan fingerprint density at radius 3 is 1.39 bits per heavy atom. The molecule has 0 spiro atoms. The van der Waals surface area contributed by atoms with Gasteiger partial charge in [-0.15, -0.1) is 0 Å². The maximum atomic E-state index is 11.4. The molecule has 23 heavy (non-hydrogen) atoms. The fourth-order valence-corrected chi connectivity index (χ4v) is 4.57. The van der Waals surface area contributed by atoms with Crippen LogP contribution in [0.4, 0.5) is 0 Å². The van der Waals surface area contributed by atoms with E-state index in [1.54, 1.807) is 0 Å². The number of aliphatic hydroxyl groups is 2. The van der Waals surface area contributed by atoms with E-state index in [9.17, 15) is 28.8 Å². The SMILES string of the molecule is O=P(O)(O)OC1C(O)C2OP(=O)(O)OC2C(O)C1OP(=O)(O)O. The molecule has 2 rings (SSSR count). The van der Waals surface area contributed by atoms with E-state index in [-0.39, 0.29) is 0 Å². The molecule has 1 heterocycles. The zero-order valence-corrected chi connectivity index (χ0v) is 13.5. The predicted molar refractivity (Wildman–Crippen MR) is 65.4 cm³/mol. The van der Waals surface area contributed by atoms with Gasteiger partial charge in [-0.3, -0.25) is 18.1 Å². The maximum Gasteiger partial charge on any atom is 0.473 e. The molecule has 14 nitrogen and oxygen atoms in total. The predicted octanol–water partition coefficient (Wildman–Crippen LogP) is -2.44. The molecule has 136 valence electrons. The first kappa shape index (κ1) is 19.6. The molecule has 0 amide bonds. The Bertz CT molecular complexity index is 545. The van der Waals surface area contributed by atoms with Gasteiger partial charge < -0.3 is 34.7 Å². The van der Waals surface area contributed by atoms with Gasteiger partial charge in [0.1, 0.15) is 36.6 Å². The van der Waals surface area contributed by atoms with Crippen molar-refractivity contribution >= 4 is 23.5 Å². The quantitative estimate of drug-likeness (QED) is 0.242. The van der Waals surface area contributed by atoms with Gasteiger partial charge in [-0.25, -0.2) is 13.7 Å². The summed E-state index contributed by atoms with van der Waals surface area (Å²) < 4.78 is 50.5. The summed E-state index contributed by atoms with van der Waals surface area (Å²) in [6, 6.07) is 0. The summed E-state index contributed by atoms with van der Waals surface area (Å²) in [5, 5.41) is 19.9. The smallest absolute Gasteiger partial charge is 0.387 e. The van der Waals surface area contributed by atoms with Crippen LogP contribution in [0.5, 0.6) is 0 Å². The first-order chi connectivity index (χ1) is 10.2. The molecule has 0 aromatic rings. The number of fused-ring (bicyclic) bond motifs is 1. The lowest BCUT2D eigenvalue weighted by molar-refractivity contribution is -0.184. The van der Waals surface area contributed by atoms with Crippen molar-refractivity contribution in [3.63, 3.8) is 0 Å². The number of aliphatic hydroxyl groups excluding tert-OH is 2.